The van der Waals surface area contributed by atoms with Gasteiger partial charge in [0.2, 0.25) is 0 Å². The zero-order chi connectivity index (χ0) is 11.4. The lowest BCUT2D eigenvalue weighted by Gasteiger charge is -2.25. The number of nitrogens with zero attached hydrogens (tertiary/aromatic N) is 1. The Morgan fingerprint density at radius 2 is 2.00 bits per heavy atom. The molecule has 2 fully saturated rings. The van der Waals surface area contributed by atoms with Gasteiger partial charge in [-0.15, -0.1) is 0 Å². The van der Waals surface area contributed by atoms with Crippen LogP contribution in [0, 0.1) is 5.92 Å². The number of ether oxygens (including phenoxy) is 1. The van der Waals surface area contributed by atoms with Gasteiger partial charge >= 0.3 is 5.97 Å². The van der Waals surface area contributed by atoms with Crippen molar-refractivity contribution < 1.29 is 9.53 Å². The molecule has 1 unspecified atom stereocenters. The maximum atomic E-state index is 11.8. The summed E-state index contributed by atoms with van der Waals surface area (Å²) in [5, 5.41) is 0. The minimum atomic E-state index is -0.00185. The molecule has 0 N–H and O–H groups in total. The fraction of sp³-hybridized carbons (Fsp3) is 0.923. The van der Waals surface area contributed by atoms with Gasteiger partial charge in [0, 0.05) is 6.54 Å². The highest BCUT2D eigenvalue weighted by Crippen LogP contribution is 2.28. The van der Waals surface area contributed by atoms with Crippen LogP contribution in [0.2, 0.25) is 0 Å². The lowest BCUT2D eigenvalue weighted by Crippen LogP contribution is -2.39. The van der Waals surface area contributed by atoms with Gasteiger partial charge in [0.1, 0.15) is 6.04 Å². The summed E-state index contributed by atoms with van der Waals surface area (Å²) in [6.07, 6.45) is 7.60. The van der Waals surface area contributed by atoms with Gasteiger partial charge < -0.3 is 4.74 Å². The summed E-state index contributed by atoms with van der Waals surface area (Å²) < 4.78 is 5.14. The molecule has 1 saturated heterocycles. The molecule has 16 heavy (non-hydrogen) atoms. The summed E-state index contributed by atoms with van der Waals surface area (Å²) in [5.41, 5.74) is 0. The standard InChI is InChI=1S/C13H23NO2/c1-2-16-13(15)12-8-5-9-14(12)10-11-6-3-4-7-11/h11-12H,2-10H2,1H3. The van der Waals surface area contributed by atoms with Gasteiger partial charge in [0.05, 0.1) is 6.61 Å². The molecular formula is C13H23NO2. The first-order valence-corrected chi connectivity index (χ1v) is 6.72. The van der Waals surface area contributed by atoms with Crippen LogP contribution in [0.15, 0.2) is 0 Å². The van der Waals surface area contributed by atoms with Crippen LogP contribution in [0.4, 0.5) is 0 Å². The van der Waals surface area contributed by atoms with Crippen molar-refractivity contribution in [3.05, 3.63) is 0 Å². The predicted molar refractivity (Wildman–Crippen MR) is 63.2 cm³/mol. The Bertz CT molecular complexity index is 236. The molecule has 0 spiro atoms. The Labute approximate surface area is 98.1 Å². The fourth-order valence-electron chi connectivity index (χ4n) is 3.07. The quantitative estimate of drug-likeness (QED) is 0.687. The first kappa shape index (κ1) is 11.9. The summed E-state index contributed by atoms with van der Waals surface area (Å²) in [6, 6.07) is 0.0561. The van der Waals surface area contributed by atoms with E-state index in [4.69, 9.17) is 4.74 Å². The van der Waals surface area contributed by atoms with Crippen molar-refractivity contribution in [2.24, 2.45) is 5.92 Å². The van der Waals surface area contributed by atoms with E-state index >= 15 is 0 Å². The van der Waals surface area contributed by atoms with E-state index in [9.17, 15) is 4.79 Å². The van der Waals surface area contributed by atoms with Crippen molar-refractivity contribution in [3.8, 4) is 0 Å². The fourth-order valence-corrected chi connectivity index (χ4v) is 3.07. The molecular weight excluding hydrogens is 202 g/mol. The Morgan fingerprint density at radius 1 is 1.25 bits per heavy atom. The normalized spacial score (nSPS) is 27.4. The number of carbonyl (C=O) groups excluding carboxylic acids is 1. The summed E-state index contributed by atoms with van der Waals surface area (Å²) in [6.45, 7) is 4.59. The molecule has 2 rings (SSSR count). The highest BCUT2D eigenvalue weighted by molar-refractivity contribution is 5.76. The van der Waals surface area contributed by atoms with Crippen LogP contribution >= 0.6 is 0 Å². The predicted octanol–water partition coefficient (Wildman–Crippen LogP) is 2.20. The van der Waals surface area contributed by atoms with Crippen LogP contribution in [-0.4, -0.2) is 36.6 Å². The van der Waals surface area contributed by atoms with Gasteiger partial charge in [0.25, 0.3) is 0 Å². The van der Waals surface area contributed by atoms with Gasteiger partial charge in [-0.1, -0.05) is 12.8 Å². The molecule has 0 amide bonds. The number of likely N-dealkylation sites (tertiary alicyclic amines) is 1. The second kappa shape index (κ2) is 5.67. The topological polar surface area (TPSA) is 29.5 Å². The zero-order valence-electron chi connectivity index (χ0n) is 10.3. The molecule has 0 aromatic rings. The summed E-state index contributed by atoms with van der Waals surface area (Å²) in [4.78, 5) is 14.1. The highest BCUT2D eigenvalue weighted by atomic mass is 16.5. The van der Waals surface area contributed by atoms with Gasteiger partial charge in [-0.2, -0.15) is 0 Å². The Hall–Kier alpha value is -0.570. The van der Waals surface area contributed by atoms with Crippen molar-refractivity contribution in [2.75, 3.05) is 19.7 Å². The van der Waals surface area contributed by atoms with Gasteiger partial charge in [-0.25, -0.2) is 0 Å². The molecule has 0 bridgehead atoms. The van der Waals surface area contributed by atoms with E-state index < -0.39 is 0 Å². The van der Waals surface area contributed by atoms with Crippen molar-refractivity contribution in [1.82, 2.24) is 4.90 Å². The smallest absolute Gasteiger partial charge is 0.323 e. The number of carbonyl (C=O) groups is 1. The highest BCUT2D eigenvalue weighted by Gasteiger charge is 2.33. The average molecular weight is 225 g/mol. The van der Waals surface area contributed by atoms with Crippen molar-refractivity contribution in [3.63, 3.8) is 0 Å². The minimum Gasteiger partial charge on any atom is -0.465 e. The lowest BCUT2D eigenvalue weighted by molar-refractivity contribution is -0.148. The van der Waals surface area contributed by atoms with Gasteiger partial charge in [0.15, 0.2) is 0 Å². The molecule has 1 atom stereocenters. The monoisotopic (exact) mass is 225 g/mol. The van der Waals surface area contributed by atoms with E-state index in [-0.39, 0.29) is 12.0 Å². The molecule has 1 aliphatic heterocycles. The first-order chi connectivity index (χ1) is 7.81. The molecule has 2 aliphatic rings. The summed E-state index contributed by atoms with van der Waals surface area (Å²) in [5.74, 6) is 0.827. The van der Waals surface area contributed by atoms with Crippen molar-refractivity contribution in [2.45, 2.75) is 51.5 Å². The molecule has 1 saturated carbocycles. The third-order valence-corrected chi connectivity index (χ3v) is 3.89. The van der Waals surface area contributed by atoms with Crippen LogP contribution in [0.25, 0.3) is 0 Å². The summed E-state index contributed by atoms with van der Waals surface area (Å²) >= 11 is 0. The molecule has 1 heterocycles. The molecule has 1 aliphatic carbocycles. The Morgan fingerprint density at radius 3 is 2.69 bits per heavy atom. The molecule has 0 aromatic heterocycles. The van der Waals surface area contributed by atoms with E-state index in [1.807, 2.05) is 6.92 Å². The third kappa shape index (κ3) is 2.76. The van der Waals surface area contributed by atoms with E-state index in [0.29, 0.717) is 6.61 Å². The van der Waals surface area contributed by atoms with Crippen LogP contribution < -0.4 is 0 Å². The van der Waals surface area contributed by atoms with Crippen LogP contribution in [0.5, 0.6) is 0 Å². The van der Waals surface area contributed by atoms with Crippen molar-refractivity contribution >= 4 is 5.97 Å². The first-order valence-electron chi connectivity index (χ1n) is 6.72. The average Bonchev–Trinajstić information content (AvgIpc) is 2.90. The molecule has 3 heteroatoms. The Kier molecular flexibility index (Phi) is 4.22. The van der Waals surface area contributed by atoms with Gasteiger partial charge in [-0.3, -0.25) is 9.69 Å². The molecule has 92 valence electrons. The van der Waals surface area contributed by atoms with Crippen LogP contribution in [-0.2, 0) is 9.53 Å². The number of hydrogen-bond acceptors (Lipinski definition) is 3. The number of rotatable bonds is 4. The molecule has 0 radical (unpaired) electrons. The second-order valence-electron chi connectivity index (χ2n) is 5.06. The molecule has 3 nitrogen and oxygen atoms in total. The minimum absolute atomic E-state index is 0.00185. The van der Waals surface area contributed by atoms with E-state index in [1.165, 1.54) is 25.7 Å². The van der Waals surface area contributed by atoms with Crippen LogP contribution in [0.3, 0.4) is 0 Å². The second-order valence-corrected chi connectivity index (χ2v) is 5.06. The number of esters is 1. The third-order valence-electron chi connectivity index (χ3n) is 3.89. The Balaban J connectivity index is 1.84. The van der Waals surface area contributed by atoms with E-state index in [2.05, 4.69) is 4.90 Å². The zero-order valence-corrected chi connectivity index (χ0v) is 10.3. The van der Waals surface area contributed by atoms with Gasteiger partial charge in [-0.05, 0) is 45.1 Å². The lowest BCUT2D eigenvalue weighted by atomic mass is 10.1. The van der Waals surface area contributed by atoms with Crippen LogP contribution in [0.1, 0.15) is 45.4 Å². The SMILES string of the molecule is CCOC(=O)C1CCCN1CC1CCCC1. The largest absolute Gasteiger partial charge is 0.465 e. The summed E-state index contributed by atoms with van der Waals surface area (Å²) in [7, 11) is 0. The maximum absolute atomic E-state index is 11.8. The number of hydrogen-bond donors (Lipinski definition) is 0. The molecule has 0 aromatic carbocycles. The van der Waals surface area contributed by atoms with E-state index in [1.54, 1.807) is 0 Å². The van der Waals surface area contributed by atoms with E-state index in [0.717, 1.165) is 31.8 Å². The maximum Gasteiger partial charge on any atom is 0.323 e. The van der Waals surface area contributed by atoms with Crippen molar-refractivity contribution in [1.29, 1.82) is 0 Å².